The molecule has 0 unspecified atom stereocenters. The molecule has 0 saturated carbocycles. The van der Waals surface area contributed by atoms with Gasteiger partial charge in [0.1, 0.15) is 0 Å². The van der Waals surface area contributed by atoms with Crippen molar-refractivity contribution in [2.24, 2.45) is 0 Å². The van der Waals surface area contributed by atoms with E-state index >= 15 is 0 Å². The fraction of sp³-hybridized carbons (Fsp3) is 0.0625. The predicted molar refractivity (Wildman–Crippen MR) is 213 cm³/mol. The Morgan fingerprint density at radius 2 is 1.15 bits per heavy atom. The fourth-order valence-electron chi connectivity index (χ4n) is 8.15. The van der Waals surface area contributed by atoms with E-state index in [4.69, 9.17) is 9.97 Å². The molecule has 0 saturated heterocycles. The third-order valence-electron chi connectivity index (χ3n) is 10.7. The molecule has 4 heteroatoms. The van der Waals surface area contributed by atoms with Crippen LogP contribution in [-0.4, -0.2) is 19.5 Å². The summed E-state index contributed by atoms with van der Waals surface area (Å²) >= 11 is 0. The molecule has 1 aliphatic rings. The highest BCUT2D eigenvalue weighted by Gasteiger charge is 2.40. The number of fused-ring (bicyclic) bond motifs is 6. The maximum atomic E-state index is 5.40. The number of hydrogen-bond donors (Lipinski definition) is 0. The van der Waals surface area contributed by atoms with Crippen molar-refractivity contribution in [1.29, 1.82) is 0 Å². The highest BCUT2D eigenvalue weighted by molar-refractivity contribution is 6.10. The third kappa shape index (κ3) is 4.72. The Bertz CT molecular complexity index is 2800. The summed E-state index contributed by atoms with van der Waals surface area (Å²) in [5.41, 5.74) is 15.5. The molecule has 10 rings (SSSR count). The summed E-state index contributed by atoms with van der Waals surface area (Å²) in [6, 6.07) is 56.2. The molecule has 0 fully saturated rings. The lowest BCUT2D eigenvalue weighted by atomic mass is 9.80. The van der Waals surface area contributed by atoms with E-state index in [0.29, 0.717) is 0 Å². The van der Waals surface area contributed by atoms with E-state index in [-0.39, 0.29) is 5.41 Å². The van der Waals surface area contributed by atoms with Crippen molar-refractivity contribution in [2.45, 2.75) is 19.3 Å². The topological polar surface area (TPSA) is 43.6 Å². The second-order valence-electron chi connectivity index (χ2n) is 14.1. The molecule has 3 heterocycles. The van der Waals surface area contributed by atoms with Gasteiger partial charge in [-0.05, 0) is 70.3 Å². The molecular formula is C48H34N4. The summed E-state index contributed by atoms with van der Waals surface area (Å²) in [4.78, 5) is 15.0. The van der Waals surface area contributed by atoms with Gasteiger partial charge in [0, 0.05) is 56.5 Å². The fourth-order valence-corrected chi connectivity index (χ4v) is 8.15. The van der Waals surface area contributed by atoms with Crippen LogP contribution in [0.1, 0.15) is 25.0 Å². The molecule has 1 aliphatic carbocycles. The van der Waals surface area contributed by atoms with Gasteiger partial charge in [0.2, 0.25) is 0 Å². The average Bonchev–Trinajstić information content (AvgIpc) is 3.66. The van der Waals surface area contributed by atoms with Crippen LogP contribution in [0.3, 0.4) is 0 Å². The largest absolute Gasteiger partial charge is 0.309 e. The predicted octanol–water partition coefficient (Wildman–Crippen LogP) is 11.9. The van der Waals surface area contributed by atoms with Crippen LogP contribution in [0.2, 0.25) is 0 Å². The van der Waals surface area contributed by atoms with E-state index in [1.54, 1.807) is 6.20 Å². The van der Waals surface area contributed by atoms with E-state index < -0.39 is 0 Å². The number of nitrogens with zero attached hydrogens (tertiary/aromatic N) is 4. The maximum absolute atomic E-state index is 5.40. The van der Waals surface area contributed by atoms with Crippen molar-refractivity contribution >= 4 is 21.8 Å². The van der Waals surface area contributed by atoms with Crippen molar-refractivity contribution in [1.82, 2.24) is 19.5 Å². The SMILES string of the molecule is CC1(C)c2ccccc2-c2nc(-c3ccc(-c4cccnc4)cc3)nc(-c3cccc(-c4ccc5c(c4)c4ccccc4n5-c4ccccc4)c3)c21. The second kappa shape index (κ2) is 11.7. The molecule has 0 aliphatic heterocycles. The van der Waals surface area contributed by atoms with Crippen LogP contribution in [0.25, 0.3) is 83.6 Å². The summed E-state index contributed by atoms with van der Waals surface area (Å²) in [7, 11) is 0. The van der Waals surface area contributed by atoms with E-state index in [1.807, 2.05) is 12.3 Å². The number of aromatic nitrogens is 4. The molecule has 3 aromatic heterocycles. The molecule has 4 nitrogen and oxygen atoms in total. The molecule has 0 radical (unpaired) electrons. The Balaban J connectivity index is 1.13. The molecule has 0 spiro atoms. The van der Waals surface area contributed by atoms with Crippen LogP contribution in [0, 0.1) is 0 Å². The lowest BCUT2D eigenvalue weighted by Crippen LogP contribution is -2.17. The van der Waals surface area contributed by atoms with Gasteiger partial charge in [-0.25, -0.2) is 9.97 Å². The van der Waals surface area contributed by atoms with E-state index in [1.165, 1.54) is 44.1 Å². The Labute approximate surface area is 302 Å². The van der Waals surface area contributed by atoms with E-state index in [2.05, 4.69) is 175 Å². The minimum Gasteiger partial charge on any atom is -0.309 e. The summed E-state index contributed by atoms with van der Waals surface area (Å²) in [6.07, 6.45) is 3.69. The minimum atomic E-state index is -0.266. The van der Waals surface area contributed by atoms with Crippen LogP contribution in [0.4, 0.5) is 0 Å². The zero-order valence-corrected chi connectivity index (χ0v) is 29.0. The quantitative estimate of drug-likeness (QED) is 0.184. The molecule has 6 aromatic carbocycles. The highest BCUT2D eigenvalue weighted by atomic mass is 15.0. The van der Waals surface area contributed by atoms with Crippen molar-refractivity contribution in [2.75, 3.05) is 0 Å². The molecule has 0 amide bonds. The van der Waals surface area contributed by atoms with Gasteiger partial charge in [0.05, 0.1) is 22.4 Å². The number of hydrogen-bond acceptors (Lipinski definition) is 3. The van der Waals surface area contributed by atoms with Gasteiger partial charge in [-0.3, -0.25) is 4.98 Å². The standard InChI is InChI=1S/C48H34N4/c1-48(2)41-19-8-6-18-39(41)46-44(48)45(50-47(51-46)32-23-21-31(22-24-32)36-14-11-27-49-30-36)35-13-10-12-33(28-35)34-25-26-43-40(29-34)38-17-7-9-20-42(38)52(43)37-15-4-3-5-16-37/h3-30H,1-2H3. The van der Waals surface area contributed by atoms with Crippen molar-refractivity contribution in [3.05, 3.63) is 181 Å². The van der Waals surface area contributed by atoms with E-state index in [9.17, 15) is 0 Å². The first-order valence-corrected chi connectivity index (χ1v) is 17.8. The monoisotopic (exact) mass is 666 g/mol. The highest BCUT2D eigenvalue weighted by Crippen LogP contribution is 2.51. The summed E-state index contributed by atoms with van der Waals surface area (Å²) in [6.45, 7) is 4.60. The number of pyridine rings is 1. The first kappa shape index (κ1) is 30.2. The minimum absolute atomic E-state index is 0.266. The summed E-state index contributed by atoms with van der Waals surface area (Å²) < 4.78 is 2.36. The number of rotatable bonds is 5. The first-order valence-electron chi connectivity index (χ1n) is 17.8. The number of para-hydroxylation sites is 2. The van der Waals surface area contributed by atoms with Crippen molar-refractivity contribution in [3.63, 3.8) is 0 Å². The van der Waals surface area contributed by atoms with Gasteiger partial charge in [-0.1, -0.05) is 129 Å². The van der Waals surface area contributed by atoms with Crippen molar-refractivity contribution in [3.8, 4) is 61.8 Å². The first-order chi connectivity index (χ1) is 25.5. The van der Waals surface area contributed by atoms with Gasteiger partial charge in [-0.15, -0.1) is 0 Å². The smallest absolute Gasteiger partial charge is 0.160 e. The summed E-state index contributed by atoms with van der Waals surface area (Å²) in [5.74, 6) is 0.722. The zero-order chi connectivity index (χ0) is 34.8. The Morgan fingerprint density at radius 1 is 0.481 bits per heavy atom. The second-order valence-corrected chi connectivity index (χ2v) is 14.1. The van der Waals surface area contributed by atoms with Crippen LogP contribution in [0.5, 0.6) is 0 Å². The normalized spacial score (nSPS) is 13.0. The van der Waals surface area contributed by atoms with Gasteiger partial charge >= 0.3 is 0 Å². The summed E-state index contributed by atoms with van der Waals surface area (Å²) in [5, 5.41) is 2.48. The molecule has 0 bridgehead atoms. The molecule has 0 N–H and O–H groups in total. The molecule has 246 valence electrons. The Morgan fingerprint density at radius 3 is 2.00 bits per heavy atom. The number of benzene rings is 6. The molecule has 52 heavy (non-hydrogen) atoms. The van der Waals surface area contributed by atoms with Gasteiger partial charge in [0.25, 0.3) is 0 Å². The van der Waals surface area contributed by atoms with E-state index in [0.717, 1.165) is 50.7 Å². The van der Waals surface area contributed by atoms with Gasteiger partial charge in [0.15, 0.2) is 5.82 Å². The lowest BCUT2D eigenvalue weighted by molar-refractivity contribution is 0.658. The van der Waals surface area contributed by atoms with Crippen LogP contribution >= 0.6 is 0 Å². The Kier molecular flexibility index (Phi) is 6.80. The van der Waals surface area contributed by atoms with Crippen LogP contribution in [0.15, 0.2) is 170 Å². The lowest BCUT2D eigenvalue weighted by Gasteiger charge is -2.24. The maximum Gasteiger partial charge on any atom is 0.160 e. The molecular weight excluding hydrogens is 633 g/mol. The van der Waals surface area contributed by atoms with Gasteiger partial charge < -0.3 is 4.57 Å². The average molecular weight is 667 g/mol. The van der Waals surface area contributed by atoms with Gasteiger partial charge in [-0.2, -0.15) is 0 Å². The Hall–Kier alpha value is -6.65. The molecule has 9 aromatic rings. The third-order valence-corrected chi connectivity index (χ3v) is 10.7. The molecule has 0 atom stereocenters. The van der Waals surface area contributed by atoms with Crippen LogP contribution < -0.4 is 0 Å². The van der Waals surface area contributed by atoms with Crippen molar-refractivity contribution < 1.29 is 0 Å². The van der Waals surface area contributed by atoms with Crippen LogP contribution in [-0.2, 0) is 5.41 Å². The zero-order valence-electron chi connectivity index (χ0n) is 29.0.